The molecule has 0 fully saturated rings. The summed E-state index contributed by atoms with van der Waals surface area (Å²) in [6.07, 6.45) is 1.66. The highest BCUT2D eigenvalue weighted by Crippen LogP contribution is 2.26. The van der Waals surface area contributed by atoms with Crippen LogP contribution in [0.2, 0.25) is 0 Å². The van der Waals surface area contributed by atoms with Crippen molar-refractivity contribution in [1.82, 2.24) is 9.97 Å². The van der Waals surface area contributed by atoms with Gasteiger partial charge in [-0.15, -0.1) is 0 Å². The summed E-state index contributed by atoms with van der Waals surface area (Å²) in [7, 11) is 0. The molecule has 1 heterocycles. The number of anilines is 2. The van der Waals surface area contributed by atoms with Gasteiger partial charge in [-0.05, 0) is 18.9 Å². The van der Waals surface area contributed by atoms with Gasteiger partial charge in [0.2, 0.25) is 5.88 Å². The van der Waals surface area contributed by atoms with Crippen molar-refractivity contribution in [3.63, 3.8) is 0 Å². The van der Waals surface area contributed by atoms with Crippen LogP contribution in [0.25, 0.3) is 0 Å². The molecule has 0 aliphatic rings. The van der Waals surface area contributed by atoms with E-state index >= 15 is 0 Å². The van der Waals surface area contributed by atoms with E-state index in [-0.39, 0.29) is 0 Å². The van der Waals surface area contributed by atoms with E-state index in [1.165, 1.54) is 5.56 Å². The molecule has 0 amide bonds. The van der Waals surface area contributed by atoms with Crippen LogP contribution in [-0.4, -0.2) is 23.1 Å². The summed E-state index contributed by atoms with van der Waals surface area (Å²) >= 11 is 0. The maximum Gasteiger partial charge on any atom is 0.242 e. The quantitative estimate of drug-likeness (QED) is 0.818. The van der Waals surface area contributed by atoms with Crippen molar-refractivity contribution in [3.05, 3.63) is 41.7 Å². The minimum atomic E-state index is 0.464. The molecule has 0 saturated heterocycles. The first kappa shape index (κ1) is 15.1. The highest BCUT2D eigenvalue weighted by Gasteiger charge is 2.11. The molecular formula is C16H22N4O. The number of hydrogen-bond acceptors (Lipinski definition) is 5. The van der Waals surface area contributed by atoms with Crippen molar-refractivity contribution in [1.29, 1.82) is 0 Å². The standard InChI is InChI=1S/C16H22N4O/c1-3-13-19-15(14(17)16(20-13)21-4-2)18-11-10-12-8-6-5-7-9-12/h5-9H,3-4,10-11,17H2,1-2H3,(H,18,19,20). The highest BCUT2D eigenvalue weighted by atomic mass is 16.5. The minimum absolute atomic E-state index is 0.464. The van der Waals surface area contributed by atoms with Gasteiger partial charge in [-0.2, -0.15) is 4.98 Å². The smallest absolute Gasteiger partial charge is 0.242 e. The summed E-state index contributed by atoms with van der Waals surface area (Å²) < 4.78 is 5.47. The molecule has 1 aromatic carbocycles. The zero-order chi connectivity index (χ0) is 15.1. The van der Waals surface area contributed by atoms with E-state index in [9.17, 15) is 0 Å². The second-order valence-electron chi connectivity index (χ2n) is 4.66. The molecule has 5 heteroatoms. The van der Waals surface area contributed by atoms with Crippen molar-refractivity contribution in [2.45, 2.75) is 26.7 Å². The van der Waals surface area contributed by atoms with Crippen LogP contribution in [0.5, 0.6) is 5.88 Å². The van der Waals surface area contributed by atoms with E-state index in [2.05, 4.69) is 27.4 Å². The summed E-state index contributed by atoms with van der Waals surface area (Å²) in [4.78, 5) is 8.75. The lowest BCUT2D eigenvalue weighted by atomic mass is 10.1. The SMILES string of the molecule is CCOc1nc(CC)nc(NCCc2ccccc2)c1N. The Morgan fingerprint density at radius 3 is 2.57 bits per heavy atom. The van der Waals surface area contributed by atoms with Crippen LogP contribution in [-0.2, 0) is 12.8 Å². The predicted octanol–water partition coefficient (Wildman–Crippen LogP) is 2.67. The van der Waals surface area contributed by atoms with E-state index in [4.69, 9.17) is 10.5 Å². The molecule has 1 aromatic heterocycles. The lowest BCUT2D eigenvalue weighted by Crippen LogP contribution is -2.12. The summed E-state index contributed by atoms with van der Waals surface area (Å²) in [6, 6.07) is 10.3. The molecule has 5 nitrogen and oxygen atoms in total. The fourth-order valence-electron chi connectivity index (χ4n) is 2.00. The number of rotatable bonds is 7. The number of aromatic nitrogens is 2. The molecule has 0 spiro atoms. The van der Waals surface area contributed by atoms with E-state index in [1.807, 2.05) is 32.0 Å². The highest BCUT2D eigenvalue weighted by molar-refractivity contribution is 5.66. The Labute approximate surface area is 125 Å². The van der Waals surface area contributed by atoms with Crippen molar-refractivity contribution in [2.75, 3.05) is 24.2 Å². The van der Waals surface area contributed by atoms with Gasteiger partial charge in [0.05, 0.1) is 6.61 Å². The molecule has 0 aliphatic heterocycles. The van der Waals surface area contributed by atoms with Gasteiger partial charge in [0.25, 0.3) is 0 Å². The van der Waals surface area contributed by atoms with Crippen molar-refractivity contribution in [2.24, 2.45) is 0 Å². The first-order valence-corrected chi connectivity index (χ1v) is 7.31. The van der Waals surface area contributed by atoms with Crippen LogP contribution in [0.4, 0.5) is 11.5 Å². The van der Waals surface area contributed by atoms with E-state index < -0.39 is 0 Å². The summed E-state index contributed by atoms with van der Waals surface area (Å²) in [5.74, 6) is 1.85. The van der Waals surface area contributed by atoms with Gasteiger partial charge in [-0.1, -0.05) is 37.3 Å². The van der Waals surface area contributed by atoms with E-state index in [1.54, 1.807) is 0 Å². The molecule has 0 saturated carbocycles. The summed E-state index contributed by atoms with van der Waals surface area (Å²) in [6.45, 7) is 5.22. The van der Waals surface area contributed by atoms with Gasteiger partial charge in [0.15, 0.2) is 5.82 Å². The van der Waals surface area contributed by atoms with Crippen LogP contribution in [0, 0.1) is 0 Å². The zero-order valence-corrected chi connectivity index (χ0v) is 12.6. The largest absolute Gasteiger partial charge is 0.476 e. The van der Waals surface area contributed by atoms with E-state index in [0.29, 0.717) is 24.0 Å². The lowest BCUT2D eigenvalue weighted by molar-refractivity contribution is 0.327. The Kier molecular flexibility index (Phi) is 5.37. The third-order valence-corrected chi connectivity index (χ3v) is 3.10. The van der Waals surface area contributed by atoms with E-state index in [0.717, 1.165) is 25.2 Å². The fraction of sp³-hybridized carbons (Fsp3) is 0.375. The lowest BCUT2D eigenvalue weighted by Gasteiger charge is -2.13. The molecule has 3 N–H and O–H groups in total. The number of ether oxygens (including phenoxy) is 1. The van der Waals surface area contributed by atoms with Gasteiger partial charge in [-0.25, -0.2) is 4.98 Å². The topological polar surface area (TPSA) is 73.1 Å². The third-order valence-electron chi connectivity index (χ3n) is 3.10. The van der Waals surface area contributed by atoms with Gasteiger partial charge in [0.1, 0.15) is 11.5 Å². The molecule has 0 radical (unpaired) electrons. The number of benzene rings is 1. The average molecular weight is 286 g/mol. The molecule has 0 atom stereocenters. The van der Waals surface area contributed by atoms with Crippen LogP contribution in [0.15, 0.2) is 30.3 Å². The average Bonchev–Trinajstić information content (AvgIpc) is 2.52. The number of aryl methyl sites for hydroxylation is 1. The molecular weight excluding hydrogens is 264 g/mol. The summed E-state index contributed by atoms with van der Waals surface area (Å²) in [5, 5.41) is 3.28. The molecule has 2 rings (SSSR count). The van der Waals surface area contributed by atoms with Crippen LogP contribution in [0.1, 0.15) is 25.2 Å². The van der Waals surface area contributed by atoms with Crippen LogP contribution >= 0.6 is 0 Å². The predicted molar refractivity (Wildman–Crippen MR) is 85.6 cm³/mol. The summed E-state index contributed by atoms with van der Waals surface area (Å²) in [5.41, 5.74) is 7.81. The Bertz CT molecular complexity index is 572. The normalized spacial score (nSPS) is 10.4. The molecule has 0 aliphatic carbocycles. The molecule has 0 bridgehead atoms. The van der Waals surface area contributed by atoms with Gasteiger partial charge < -0.3 is 15.8 Å². The number of nitrogens with one attached hydrogen (secondary N) is 1. The molecule has 112 valence electrons. The Balaban J connectivity index is 2.06. The van der Waals surface area contributed by atoms with Crippen molar-refractivity contribution < 1.29 is 4.74 Å². The maximum absolute atomic E-state index is 6.06. The Hall–Kier alpha value is -2.30. The molecule has 2 aromatic rings. The fourth-order valence-corrected chi connectivity index (χ4v) is 2.00. The maximum atomic E-state index is 6.06. The van der Waals surface area contributed by atoms with Gasteiger partial charge in [0, 0.05) is 13.0 Å². The Morgan fingerprint density at radius 2 is 1.90 bits per heavy atom. The first-order chi connectivity index (χ1) is 10.2. The second kappa shape index (κ2) is 7.47. The number of hydrogen-bond donors (Lipinski definition) is 2. The van der Waals surface area contributed by atoms with Gasteiger partial charge >= 0.3 is 0 Å². The van der Waals surface area contributed by atoms with Crippen molar-refractivity contribution in [3.8, 4) is 5.88 Å². The third kappa shape index (κ3) is 4.08. The minimum Gasteiger partial charge on any atom is -0.476 e. The van der Waals surface area contributed by atoms with Crippen molar-refractivity contribution >= 4 is 11.5 Å². The number of nitrogen functional groups attached to an aromatic ring is 1. The first-order valence-electron chi connectivity index (χ1n) is 7.31. The second-order valence-corrected chi connectivity index (χ2v) is 4.66. The molecule has 21 heavy (non-hydrogen) atoms. The Morgan fingerprint density at radius 1 is 1.14 bits per heavy atom. The van der Waals surface area contributed by atoms with Crippen LogP contribution in [0.3, 0.4) is 0 Å². The molecule has 0 unspecified atom stereocenters. The monoisotopic (exact) mass is 286 g/mol. The zero-order valence-electron chi connectivity index (χ0n) is 12.6. The van der Waals surface area contributed by atoms with Crippen LogP contribution < -0.4 is 15.8 Å². The van der Waals surface area contributed by atoms with Gasteiger partial charge in [-0.3, -0.25) is 0 Å². The number of nitrogens with zero attached hydrogens (tertiary/aromatic N) is 2. The number of nitrogens with two attached hydrogens (primary N) is 1.